The van der Waals surface area contributed by atoms with Crippen molar-refractivity contribution >= 4 is 33.3 Å². The van der Waals surface area contributed by atoms with Crippen molar-refractivity contribution in [3.63, 3.8) is 0 Å². The van der Waals surface area contributed by atoms with E-state index < -0.39 is 23.5 Å². The zero-order chi connectivity index (χ0) is 21.4. The smallest absolute Gasteiger partial charge is 0.254 e. The molecule has 0 saturated heterocycles. The van der Waals surface area contributed by atoms with Crippen molar-refractivity contribution < 1.29 is 18.4 Å². The summed E-state index contributed by atoms with van der Waals surface area (Å²) >= 11 is 3.41. The lowest BCUT2D eigenvalue weighted by molar-refractivity contribution is -0.116. The highest BCUT2D eigenvalue weighted by Gasteiger charge is 2.38. The topological polar surface area (TPSA) is 58.2 Å². The van der Waals surface area contributed by atoms with Crippen LogP contribution < -0.4 is 10.6 Å². The maximum Gasteiger partial charge on any atom is 0.254 e. The molecule has 1 heterocycles. The summed E-state index contributed by atoms with van der Waals surface area (Å²) in [6.45, 7) is 1.77. The molecule has 1 aliphatic carbocycles. The van der Waals surface area contributed by atoms with Gasteiger partial charge in [-0.2, -0.15) is 0 Å². The fraction of sp³-hybridized carbons (Fsp3) is 0.217. The van der Waals surface area contributed by atoms with Crippen molar-refractivity contribution in [2.24, 2.45) is 0 Å². The van der Waals surface area contributed by atoms with Crippen molar-refractivity contribution in [2.75, 3.05) is 5.32 Å². The Labute approximate surface area is 181 Å². The van der Waals surface area contributed by atoms with Crippen LogP contribution in [-0.2, 0) is 9.59 Å². The number of hydrogen-bond donors (Lipinski definition) is 2. The molecule has 0 unspecified atom stereocenters. The Kier molecular flexibility index (Phi) is 5.56. The highest BCUT2D eigenvalue weighted by atomic mass is 79.9. The second kappa shape index (κ2) is 8.14. The van der Waals surface area contributed by atoms with E-state index in [9.17, 15) is 18.4 Å². The predicted molar refractivity (Wildman–Crippen MR) is 114 cm³/mol. The highest BCUT2D eigenvalue weighted by molar-refractivity contribution is 9.10. The van der Waals surface area contributed by atoms with E-state index in [4.69, 9.17) is 0 Å². The van der Waals surface area contributed by atoms with E-state index in [-0.39, 0.29) is 11.5 Å². The van der Waals surface area contributed by atoms with E-state index in [0.29, 0.717) is 29.3 Å². The summed E-state index contributed by atoms with van der Waals surface area (Å²) < 4.78 is 28.2. The van der Waals surface area contributed by atoms with Crippen LogP contribution in [0.4, 0.5) is 14.5 Å². The second-order valence-corrected chi connectivity index (χ2v) is 8.31. The maximum absolute atomic E-state index is 14.1. The van der Waals surface area contributed by atoms with E-state index >= 15 is 0 Å². The van der Waals surface area contributed by atoms with E-state index in [1.54, 1.807) is 6.92 Å². The lowest BCUT2D eigenvalue weighted by atomic mass is 9.75. The number of ketones is 1. The first-order chi connectivity index (χ1) is 14.3. The van der Waals surface area contributed by atoms with Gasteiger partial charge in [0, 0.05) is 45.4 Å². The molecule has 1 atom stereocenters. The van der Waals surface area contributed by atoms with Gasteiger partial charge >= 0.3 is 0 Å². The Hall–Kier alpha value is -2.80. The molecule has 1 amide bonds. The van der Waals surface area contributed by atoms with Gasteiger partial charge in [-0.05, 0) is 49.6 Å². The fourth-order valence-electron chi connectivity index (χ4n) is 4.05. The summed E-state index contributed by atoms with van der Waals surface area (Å²) in [6, 6.07) is 10.4. The molecule has 2 aromatic rings. The highest BCUT2D eigenvalue weighted by Crippen LogP contribution is 2.42. The van der Waals surface area contributed by atoms with Crippen LogP contribution in [0.2, 0.25) is 0 Å². The summed E-state index contributed by atoms with van der Waals surface area (Å²) in [5, 5.41) is 5.75. The SMILES string of the molecule is CC1=C(C(=O)Nc2ccc(F)cc2F)[C@@H](c2ccc(Br)cc2)C2=C(CCCC2=O)N1. The van der Waals surface area contributed by atoms with Crippen molar-refractivity contribution in [3.8, 4) is 0 Å². The average Bonchev–Trinajstić information content (AvgIpc) is 2.70. The number of benzene rings is 2. The van der Waals surface area contributed by atoms with Crippen LogP contribution in [0, 0.1) is 11.6 Å². The van der Waals surface area contributed by atoms with E-state index in [1.807, 2.05) is 24.3 Å². The number of nitrogens with one attached hydrogen (secondary N) is 2. The first-order valence-corrected chi connectivity index (χ1v) is 10.4. The van der Waals surface area contributed by atoms with Gasteiger partial charge in [0.05, 0.1) is 5.69 Å². The standard InChI is InChI=1S/C23H19BrF2N2O2/c1-12-20(23(30)28-17-10-9-15(25)11-16(17)26)21(13-5-7-14(24)8-6-13)22-18(27-12)3-2-4-19(22)29/h5-11,21,27H,2-4H2,1H3,(H,28,30)/t21-/m1/s1. The summed E-state index contributed by atoms with van der Waals surface area (Å²) in [5.41, 5.74) is 3.05. The third kappa shape index (κ3) is 3.81. The van der Waals surface area contributed by atoms with Gasteiger partial charge in [-0.3, -0.25) is 9.59 Å². The lowest BCUT2D eigenvalue weighted by Gasteiger charge is -2.34. The number of halogens is 3. The zero-order valence-electron chi connectivity index (χ0n) is 16.2. The van der Waals surface area contributed by atoms with Gasteiger partial charge in [-0.25, -0.2) is 8.78 Å². The Morgan fingerprint density at radius 3 is 2.57 bits per heavy atom. The van der Waals surface area contributed by atoms with Gasteiger partial charge in [0.15, 0.2) is 5.78 Å². The first-order valence-electron chi connectivity index (χ1n) is 9.61. The molecule has 0 aromatic heterocycles. The van der Waals surface area contributed by atoms with Crippen LogP contribution in [0.15, 0.2) is 69.5 Å². The van der Waals surface area contributed by atoms with Crippen molar-refractivity contribution in [1.82, 2.24) is 5.32 Å². The molecule has 0 saturated carbocycles. The Morgan fingerprint density at radius 1 is 1.13 bits per heavy atom. The van der Waals surface area contributed by atoms with E-state index in [2.05, 4.69) is 26.6 Å². The third-order valence-corrected chi connectivity index (χ3v) is 5.93. The maximum atomic E-state index is 14.1. The summed E-state index contributed by atoms with van der Waals surface area (Å²) in [6.07, 6.45) is 1.91. The summed E-state index contributed by atoms with van der Waals surface area (Å²) in [7, 11) is 0. The molecule has 7 heteroatoms. The summed E-state index contributed by atoms with van der Waals surface area (Å²) in [5.74, 6) is -2.69. The molecule has 30 heavy (non-hydrogen) atoms. The second-order valence-electron chi connectivity index (χ2n) is 7.40. The molecular weight excluding hydrogens is 454 g/mol. The van der Waals surface area contributed by atoms with Crippen LogP contribution >= 0.6 is 15.9 Å². The van der Waals surface area contributed by atoms with E-state index in [0.717, 1.165) is 34.6 Å². The minimum absolute atomic E-state index is 0.00225. The quantitative estimate of drug-likeness (QED) is 0.634. The number of rotatable bonds is 3. The van der Waals surface area contributed by atoms with Crippen LogP contribution in [0.25, 0.3) is 0 Å². The Bertz CT molecular complexity index is 1110. The molecule has 154 valence electrons. The molecule has 0 spiro atoms. The number of dihydropyridines is 1. The number of hydrogen-bond acceptors (Lipinski definition) is 3. The van der Waals surface area contributed by atoms with Gasteiger partial charge in [-0.1, -0.05) is 28.1 Å². The van der Waals surface area contributed by atoms with Gasteiger partial charge in [0.25, 0.3) is 5.91 Å². The molecule has 4 rings (SSSR count). The lowest BCUT2D eigenvalue weighted by Crippen LogP contribution is -2.35. The van der Waals surface area contributed by atoms with Gasteiger partial charge in [0.1, 0.15) is 11.6 Å². The van der Waals surface area contributed by atoms with Crippen molar-refractivity contribution in [3.05, 3.63) is 86.7 Å². The molecule has 0 fully saturated rings. The van der Waals surface area contributed by atoms with Crippen LogP contribution in [0.3, 0.4) is 0 Å². The van der Waals surface area contributed by atoms with E-state index in [1.165, 1.54) is 6.07 Å². The number of Topliss-reactive ketones (excluding diaryl/α,β-unsaturated/α-hetero) is 1. The largest absolute Gasteiger partial charge is 0.362 e. The first kappa shape index (κ1) is 20.5. The van der Waals surface area contributed by atoms with Crippen LogP contribution in [-0.4, -0.2) is 11.7 Å². The molecule has 2 aromatic carbocycles. The zero-order valence-corrected chi connectivity index (χ0v) is 17.8. The molecule has 1 aliphatic heterocycles. The average molecular weight is 473 g/mol. The molecule has 2 N–H and O–H groups in total. The van der Waals surface area contributed by atoms with Gasteiger partial charge in [0.2, 0.25) is 0 Å². The van der Waals surface area contributed by atoms with Crippen molar-refractivity contribution in [2.45, 2.75) is 32.1 Å². The minimum Gasteiger partial charge on any atom is -0.362 e. The number of anilines is 1. The number of carbonyl (C=O) groups is 2. The monoisotopic (exact) mass is 472 g/mol. The number of carbonyl (C=O) groups excluding carboxylic acids is 2. The van der Waals surface area contributed by atoms with Crippen molar-refractivity contribution in [1.29, 1.82) is 0 Å². The third-order valence-electron chi connectivity index (χ3n) is 5.40. The Balaban J connectivity index is 1.78. The van der Waals surface area contributed by atoms with Gasteiger partial charge in [-0.15, -0.1) is 0 Å². The van der Waals surface area contributed by atoms with Crippen LogP contribution in [0.1, 0.15) is 37.7 Å². The molecule has 2 aliphatic rings. The normalized spacial score (nSPS) is 18.8. The summed E-state index contributed by atoms with van der Waals surface area (Å²) in [4.78, 5) is 26.1. The molecular formula is C23H19BrF2N2O2. The fourth-order valence-corrected chi connectivity index (χ4v) is 4.32. The molecule has 0 bridgehead atoms. The number of amides is 1. The van der Waals surface area contributed by atoms with Gasteiger partial charge < -0.3 is 10.6 Å². The predicted octanol–water partition coefficient (Wildman–Crippen LogP) is 5.33. The molecule has 0 radical (unpaired) electrons. The Morgan fingerprint density at radius 2 is 1.87 bits per heavy atom. The van der Waals surface area contributed by atoms with Crippen LogP contribution in [0.5, 0.6) is 0 Å². The minimum atomic E-state index is -0.862. The number of allylic oxidation sites excluding steroid dienone is 3. The molecule has 4 nitrogen and oxygen atoms in total.